The van der Waals surface area contributed by atoms with Crippen molar-refractivity contribution >= 4 is 17.7 Å². The van der Waals surface area contributed by atoms with Crippen molar-refractivity contribution < 1.29 is 4.79 Å². The van der Waals surface area contributed by atoms with E-state index in [0.29, 0.717) is 5.75 Å². The Morgan fingerprint density at radius 1 is 1.29 bits per heavy atom. The molecule has 0 unspecified atom stereocenters. The van der Waals surface area contributed by atoms with Crippen LogP contribution in [0.4, 0.5) is 0 Å². The van der Waals surface area contributed by atoms with E-state index in [-0.39, 0.29) is 5.91 Å². The summed E-state index contributed by atoms with van der Waals surface area (Å²) in [6, 6.07) is 6.42. The van der Waals surface area contributed by atoms with Gasteiger partial charge in [-0.1, -0.05) is 43.8 Å². The lowest BCUT2D eigenvalue weighted by Gasteiger charge is -2.16. The standard InChI is InChI=1S/C16H21N3OS/c1-4-12-7-6-8-13(5-2)15(12)19-10-9-18-16(19)21-11-14(20)17-3/h6-10H,4-5,11H2,1-3H3,(H,17,20). The van der Waals surface area contributed by atoms with E-state index in [1.54, 1.807) is 13.2 Å². The molecule has 2 aromatic rings. The minimum absolute atomic E-state index is 0.00837. The molecule has 4 nitrogen and oxygen atoms in total. The first-order valence-corrected chi connectivity index (χ1v) is 8.17. The van der Waals surface area contributed by atoms with Gasteiger partial charge in [0.05, 0.1) is 11.4 Å². The second-order valence-corrected chi connectivity index (χ2v) is 5.62. The third-order valence-electron chi connectivity index (χ3n) is 3.42. The average molecular weight is 303 g/mol. The highest BCUT2D eigenvalue weighted by Crippen LogP contribution is 2.26. The molecule has 0 atom stereocenters. The molecule has 1 heterocycles. The van der Waals surface area contributed by atoms with Crippen molar-refractivity contribution in [1.82, 2.24) is 14.9 Å². The van der Waals surface area contributed by atoms with E-state index < -0.39 is 0 Å². The number of nitrogens with zero attached hydrogens (tertiary/aromatic N) is 2. The molecule has 1 aromatic carbocycles. The topological polar surface area (TPSA) is 46.9 Å². The summed E-state index contributed by atoms with van der Waals surface area (Å²) in [5.41, 5.74) is 3.81. The van der Waals surface area contributed by atoms with E-state index in [1.165, 1.54) is 28.6 Å². The Hall–Kier alpha value is -1.75. The molecule has 5 heteroatoms. The third-order valence-corrected chi connectivity index (χ3v) is 4.39. The minimum Gasteiger partial charge on any atom is -0.358 e. The van der Waals surface area contributed by atoms with Gasteiger partial charge in [0, 0.05) is 19.4 Å². The Balaban J connectivity index is 2.39. The number of hydrogen-bond acceptors (Lipinski definition) is 3. The van der Waals surface area contributed by atoms with Gasteiger partial charge in [0.25, 0.3) is 0 Å². The Morgan fingerprint density at radius 2 is 1.95 bits per heavy atom. The molecule has 2 rings (SSSR count). The second kappa shape index (κ2) is 7.31. The Morgan fingerprint density at radius 3 is 2.52 bits per heavy atom. The molecule has 1 amide bonds. The van der Waals surface area contributed by atoms with Crippen LogP contribution in [0.1, 0.15) is 25.0 Å². The largest absolute Gasteiger partial charge is 0.358 e. The first-order chi connectivity index (χ1) is 10.2. The van der Waals surface area contributed by atoms with Gasteiger partial charge >= 0.3 is 0 Å². The summed E-state index contributed by atoms with van der Waals surface area (Å²) in [5.74, 6) is 0.387. The van der Waals surface area contributed by atoms with E-state index in [4.69, 9.17) is 0 Å². The molecule has 0 aliphatic rings. The zero-order chi connectivity index (χ0) is 15.2. The van der Waals surface area contributed by atoms with Crippen LogP contribution in [-0.4, -0.2) is 28.3 Å². The maximum atomic E-state index is 11.4. The van der Waals surface area contributed by atoms with Crippen LogP contribution in [0.25, 0.3) is 5.69 Å². The lowest BCUT2D eigenvalue weighted by atomic mass is 10.0. The molecule has 1 aromatic heterocycles. The van der Waals surface area contributed by atoms with Crippen molar-refractivity contribution in [2.45, 2.75) is 31.8 Å². The molecule has 0 saturated heterocycles. The van der Waals surface area contributed by atoms with Crippen LogP contribution >= 0.6 is 11.8 Å². The Labute approximate surface area is 130 Å². The fraction of sp³-hybridized carbons (Fsp3) is 0.375. The normalized spacial score (nSPS) is 10.6. The number of imidazole rings is 1. The number of rotatable bonds is 6. The summed E-state index contributed by atoms with van der Waals surface area (Å²) in [6.07, 6.45) is 5.71. The highest BCUT2D eigenvalue weighted by molar-refractivity contribution is 7.99. The van der Waals surface area contributed by atoms with Gasteiger partial charge in [-0.15, -0.1) is 0 Å². The molecular weight excluding hydrogens is 282 g/mol. The van der Waals surface area contributed by atoms with Crippen LogP contribution in [0, 0.1) is 0 Å². The van der Waals surface area contributed by atoms with Gasteiger partial charge in [0.15, 0.2) is 5.16 Å². The van der Waals surface area contributed by atoms with Crippen molar-refractivity contribution in [3.63, 3.8) is 0 Å². The molecule has 112 valence electrons. The maximum Gasteiger partial charge on any atom is 0.230 e. The van der Waals surface area contributed by atoms with E-state index in [9.17, 15) is 4.79 Å². The zero-order valence-electron chi connectivity index (χ0n) is 12.7. The molecule has 0 aliphatic carbocycles. The number of aryl methyl sites for hydroxylation is 2. The molecule has 0 saturated carbocycles. The number of carbonyl (C=O) groups excluding carboxylic acids is 1. The first kappa shape index (κ1) is 15.6. The highest BCUT2D eigenvalue weighted by Gasteiger charge is 2.13. The van der Waals surface area contributed by atoms with E-state index in [2.05, 4.69) is 46.9 Å². The lowest BCUT2D eigenvalue weighted by Crippen LogP contribution is -2.20. The van der Waals surface area contributed by atoms with Gasteiger partial charge in [-0.2, -0.15) is 0 Å². The van der Waals surface area contributed by atoms with Crippen LogP contribution in [0.2, 0.25) is 0 Å². The molecular formula is C16H21N3OS. The number of thioether (sulfide) groups is 1. The van der Waals surface area contributed by atoms with Crippen LogP contribution in [0.3, 0.4) is 0 Å². The maximum absolute atomic E-state index is 11.4. The minimum atomic E-state index is 0.00837. The van der Waals surface area contributed by atoms with Gasteiger partial charge in [-0.05, 0) is 24.0 Å². The van der Waals surface area contributed by atoms with Crippen molar-refractivity contribution in [2.24, 2.45) is 0 Å². The number of amides is 1. The molecule has 0 bridgehead atoms. The first-order valence-electron chi connectivity index (χ1n) is 7.19. The van der Waals surface area contributed by atoms with Gasteiger partial charge in [0.1, 0.15) is 0 Å². The average Bonchev–Trinajstić information content (AvgIpc) is 2.99. The van der Waals surface area contributed by atoms with Gasteiger partial charge in [-0.3, -0.25) is 9.36 Å². The van der Waals surface area contributed by atoms with Crippen molar-refractivity contribution in [3.8, 4) is 5.69 Å². The number of hydrogen-bond donors (Lipinski definition) is 1. The summed E-state index contributed by atoms with van der Waals surface area (Å²) in [6.45, 7) is 4.32. The molecule has 0 aliphatic heterocycles. The second-order valence-electron chi connectivity index (χ2n) is 4.67. The highest BCUT2D eigenvalue weighted by atomic mass is 32.2. The molecule has 21 heavy (non-hydrogen) atoms. The number of aromatic nitrogens is 2. The predicted octanol–water partition coefficient (Wildman–Crippen LogP) is 2.84. The molecule has 0 fully saturated rings. The number of carbonyl (C=O) groups is 1. The van der Waals surface area contributed by atoms with E-state index in [0.717, 1.165) is 18.0 Å². The lowest BCUT2D eigenvalue weighted by molar-refractivity contribution is -0.118. The van der Waals surface area contributed by atoms with E-state index >= 15 is 0 Å². The van der Waals surface area contributed by atoms with Gasteiger partial charge < -0.3 is 5.32 Å². The molecule has 0 radical (unpaired) electrons. The summed E-state index contributed by atoms with van der Waals surface area (Å²) >= 11 is 1.46. The van der Waals surface area contributed by atoms with Crippen molar-refractivity contribution in [1.29, 1.82) is 0 Å². The smallest absolute Gasteiger partial charge is 0.230 e. The quantitative estimate of drug-likeness (QED) is 0.835. The zero-order valence-corrected chi connectivity index (χ0v) is 13.5. The fourth-order valence-electron chi connectivity index (χ4n) is 2.29. The number of benzene rings is 1. The number of nitrogens with one attached hydrogen (secondary N) is 1. The van der Waals surface area contributed by atoms with Crippen LogP contribution in [0.5, 0.6) is 0 Å². The Kier molecular flexibility index (Phi) is 5.44. The van der Waals surface area contributed by atoms with Crippen molar-refractivity contribution in [3.05, 3.63) is 41.7 Å². The van der Waals surface area contributed by atoms with Gasteiger partial charge in [-0.25, -0.2) is 4.98 Å². The molecule has 0 spiro atoms. The Bertz CT molecular complexity index is 599. The number of para-hydroxylation sites is 1. The van der Waals surface area contributed by atoms with Crippen LogP contribution in [-0.2, 0) is 17.6 Å². The summed E-state index contributed by atoms with van der Waals surface area (Å²) in [7, 11) is 1.65. The molecule has 1 N–H and O–H groups in total. The van der Waals surface area contributed by atoms with Crippen LogP contribution < -0.4 is 5.32 Å². The SMILES string of the molecule is CCc1cccc(CC)c1-n1ccnc1SCC(=O)NC. The summed E-state index contributed by atoms with van der Waals surface area (Å²) in [4.78, 5) is 15.8. The fourth-order valence-corrected chi connectivity index (χ4v) is 3.12. The summed E-state index contributed by atoms with van der Waals surface area (Å²) < 4.78 is 2.10. The van der Waals surface area contributed by atoms with Crippen molar-refractivity contribution in [2.75, 3.05) is 12.8 Å². The monoisotopic (exact) mass is 303 g/mol. The van der Waals surface area contributed by atoms with Gasteiger partial charge in [0.2, 0.25) is 5.91 Å². The van der Waals surface area contributed by atoms with Crippen LogP contribution in [0.15, 0.2) is 35.7 Å². The third kappa shape index (κ3) is 3.47. The van der Waals surface area contributed by atoms with E-state index in [1.807, 2.05) is 6.20 Å². The predicted molar refractivity (Wildman–Crippen MR) is 87.1 cm³/mol. The summed E-state index contributed by atoms with van der Waals surface area (Å²) in [5, 5.41) is 3.49.